The summed E-state index contributed by atoms with van der Waals surface area (Å²) >= 11 is 2.11. The van der Waals surface area contributed by atoms with Crippen molar-refractivity contribution in [3.63, 3.8) is 0 Å². The van der Waals surface area contributed by atoms with Crippen LogP contribution in [0.25, 0.3) is 0 Å². The van der Waals surface area contributed by atoms with Gasteiger partial charge in [-0.1, -0.05) is 12.8 Å². The molecule has 1 N–H and O–H groups in total. The zero-order chi connectivity index (χ0) is 13.1. The maximum atomic E-state index is 12.5. The highest BCUT2D eigenvalue weighted by Gasteiger charge is 2.36. The fraction of sp³-hybridized carbons (Fsp3) is 0.933. The van der Waals surface area contributed by atoms with Crippen molar-refractivity contribution in [2.45, 2.75) is 56.2 Å². The Morgan fingerprint density at radius 2 is 2.10 bits per heavy atom. The van der Waals surface area contributed by atoms with Crippen LogP contribution in [-0.4, -0.2) is 47.5 Å². The Bertz CT molecular complexity index is 321. The van der Waals surface area contributed by atoms with Gasteiger partial charge in [0.25, 0.3) is 0 Å². The average molecular weight is 319 g/mol. The minimum Gasteiger partial charge on any atom is -0.338 e. The lowest BCUT2D eigenvalue weighted by atomic mass is 9.92. The van der Waals surface area contributed by atoms with Crippen molar-refractivity contribution < 1.29 is 4.79 Å². The van der Waals surface area contributed by atoms with E-state index in [-0.39, 0.29) is 12.4 Å². The van der Waals surface area contributed by atoms with Crippen molar-refractivity contribution in [3.8, 4) is 0 Å². The van der Waals surface area contributed by atoms with Gasteiger partial charge in [-0.25, -0.2) is 0 Å². The molecular weight excluding hydrogens is 292 g/mol. The molecule has 0 aromatic rings. The van der Waals surface area contributed by atoms with E-state index in [1.807, 2.05) is 0 Å². The van der Waals surface area contributed by atoms with E-state index in [1.165, 1.54) is 32.1 Å². The van der Waals surface area contributed by atoms with Gasteiger partial charge in [0.1, 0.15) is 0 Å². The van der Waals surface area contributed by atoms with Gasteiger partial charge in [-0.05, 0) is 44.7 Å². The van der Waals surface area contributed by atoms with Gasteiger partial charge >= 0.3 is 0 Å². The van der Waals surface area contributed by atoms with Crippen LogP contribution in [0.3, 0.4) is 0 Å². The number of amides is 1. The molecule has 2 heterocycles. The molecule has 3 atom stereocenters. The van der Waals surface area contributed by atoms with Gasteiger partial charge in [0, 0.05) is 30.0 Å². The van der Waals surface area contributed by atoms with Gasteiger partial charge in [0.15, 0.2) is 0 Å². The second kappa shape index (κ2) is 7.90. The lowest BCUT2D eigenvalue weighted by molar-refractivity contribution is -0.134. The first-order valence-corrected chi connectivity index (χ1v) is 9.01. The summed E-state index contributed by atoms with van der Waals surface area (Å²) in [6.07, 6.45) is 8.38. The Labute approximate surface area is 133 Å². The van der Waals surface area contributed by atoms with Gasteiger partial charge < -0.3 is 10.2 Å². The minimum atomic E-state index is 0. The van der Waals surface area contributed by atoms with Crippen LogP contribution in [0.15, 0.2) is 0 Å². The molecule has 1 aliphatic carbocycles. The summed E-state index contributed by atoms with van der Waals surface area (Å²) in [6, 6.07) is 0.557. The highest BCUT2D eigenvalue weighted by molar-refractivity contribution is 8.00. The van der Waals surface area contributed by atoms with Crippen LogP contribution >= 0.6 is 24.2 Å². The molecule has 1 saturated carbocycles. The van der Waals surface area contributed by atoms with E-state index in [4.69, 9.17) is 0 Å². The lowest BCUT2D eigenvalue weighted by Crippen LogP contribution is -2.51. The molecule has 0 aromatic heterocycles. The van der Waals surface area contributed by atoms with Crippen LogP contribution in [-0.2, 0) is 4.79 Å². The van der Waals surface area contributed by atoms with Crippen LogP contribution in [0.4, 0.5) is 0 Å². The number of hydrogen-bond acceptors (Lipinski definition) is 3. The maximum Gasteiger partial charge on any atom is 0.222 e. The molecule has 3 fully saturated rings. The van der Waals surface area contributed by atoms with E-state index in [0.29, 0.717) is 11.9 Å². The molecule has 0 bridgehead atoms. The largest absolute Gasteiger partial charge is 0.338 e. The monoisotopic (exact) mass is 318 g/mol. The summed E-state index contributed by atoms with van der Waals surface area (Å²) in [5, 5.41) is 4.13. The Hall–Kier alpha value is 0.0700. The first-order chi connectivity index (χ1) is 9.34. The van der Waals surface area contributed by atoms with Crippen molar-refractivity contribution in [3.05, 3.63) is 0 Å². The van der Waals surface area contributed by atoms with Crippen molar-refractivity contribution in [2.24, 2.45) is 5.92 Å². The molecule has 5 heteroatoms. The van der Waals surface area contributed by atoms with Gasteiger partial charge in [-0.15, -0.1) is 12.4 Å². The topological polar surface area (TPSA) is 32.3 Å². The number of carbonyl (C=O) groups is 1. The first-order valence-electron chi connectivity index (χ1n) is 7.96. The molecule has 3 unspecified atom stereocenters. The second-order valence-corrected chi connectivity index (χ2v) is 7.59. The molecule has 0 spiro atoms. The Morgan fingerprint density at radius 1 is 1.25 bits per heavy atom. The van der Waals surface area contributed by atoms with Crippen LogP contribution in [0, 0.1) is 5.92 Å². The van der Waals surface area contributed by atoms with E-state index in [1.54, 1.807) is 0 Å². The normalized spacial score (nSPS) is 33.4. The van der Waals surface area contributed by atoms with Crippen LogP contribution in [0.2, 0.25) is 0 Å². The summed E-state index contributed by atoms with van der Waals surface area (Å²) < 4.78 is 0. The van der Waals surface area contributed by atoms with Crippen molar-refractivity contribution >= 4 is 30.1 Å². The third-order valence-corrected chi connectivity index (χ3v) is 6.38. The van der Waals surface area contributed by atoms with E-state index in [2.05, 4.69) is 22.0 Å². The smallest absolute Gasteiger partial charge is 0.222 e. The lowest BCUT2D eigenvalue weighted by Gasteiger charge is -2.43. The predicted molar refractivity (Wildman–Crippen MR) is 87.7 cm³/mol. The maximum absolute atomic E-state index is 12.5. The molecule has 3 aliphatic rings. The summed E-state index contributed by atoms with van der Waals surface area (Å²) in [5.41, 5.74) is 0. The Balaban J connectivity index is 0.00000147. The molecular formula is C15H27ClN2OS. The van der Waals surface area contributed by atoms with Crippen molar-refractivity contribution in [2.75, 3.05) is 25.4 Å². The number of halogens is 1. The number of carbonyl (C=O) groups excluding carboxylic acids is 1. The Morgan fingerprint density at radius 3 is 2.90 bits per heavy atom. The highest BCUT2D eigenvalue weighted by atomic mass is 35.5. The molecule has 2 saturated heterocycles. The average Bonchev–Trinajstić information content (AvgIpc) is 2.97. The fourth-order valence-electron chi connectivity index (χ4n) is 3.84. The quantitative estimate of drug-likeness (QED) is 0.868. The molecule has 0 aromatic carbocycles. The number of nitrogens with zero attached hydrogens (tertiary/aromatic N) is 1. The highest BCUT2D eigenvalue weighted by Crippen LogP contribution is 2.36. The second-order valence-electron chi connectivity index (χ2n) is 6.25. The molecule has 20 heavy (non-hydrogen) atoms. The SMILES string of the molecule is Cl.O=C(CCC1CCNC1)N1CCSC2CCCCC21. The van der Waals surface area contributed by atoms with Gasteiger partial charge in [-0.3, -0.25) is 4.79 Å². The third-order valence-electron chi connectivity index (χ3n) is 4.98. The zero-order valence-corrected chi connectivity index (χ0v) is 13.8. The van der Waals surface area contributed by atoms with Gasteiger partial charge in [-0.2, -0.15) is 11.8 Å². The zero-order valence-electron chi connectivity index (χ0n) is 12.2. The molecule has 0 radical (unpaired) electrons. The number of thioether (sulfide) groups is 1. The van der Waals surface area contributed by atoms with Crippen LogP contribution in [0.5, 0.6) is 0 Å². The summed E-state index contributed by atoms with van der Waals surface area (Å²) in [5.74, 6) is 2.33. The fourth-order valence-corrected chi connectivity index (χ4v) is 5.28. The van der Waals surface area contributed by atoms with Gasteiger partial charge in [0.05, 0.1) is 0 Å². The number of nitrogens with one attached hydrogen (secondary N) is 1. The van der Waals surface area contributed by atoms with Crippen molar-refractivity contribution in [1.29, 1.82) is 0 Å². The van der Waals surface area contributed by atoms with E-state index in [0.717, 1.165) is 49.4 Å². The molecule has 116 valence electrons. The molecule has 2 aliphatic heterocycles. The summed E-state index contributed by atoms with van der Waals surface area (Å²) in [6.45, 7) is 3.26. The van der Waals surface area contributed by atoms with E-state index in [9.17, 15) is 4.79 Å². The summed E-state index contributed by atoms with van der Waals surface area (Å²) in [4.78, 5) is 14.7. The first kappa shape index (κ1) is 16.4. The Kier molecular flexibility index (Phi) is 6.50. The summed E-state index contributed by atoms with van der Waals surface area (Å²) in [7, 11) is 0. The van der Waals surface area contributed by atoms with Crippen LogP contribution in [0.1, 0.15) is 44.9 Å². The minimum absolute atomic E-state index is 0. The van der Waals surface area contributed by atoms with Gasteiger partial charge in [0.2, 0.25) is 5.91 Å². The predicted octanol–water partition coefficient (Wildman–Crippen LogP) is 2.68. The molecule has 3 nitrogen and oxygen atoms in total. The van der Waals surface area contributed by atoms with E-state index >= 15 is 0 Å². The number of hydrogen-bond donors (Lipinski definition) is 1. The van der Waals surface area contributed by atoms with Crippen LogP contribution < -0.4 is 5.32 Å². The van der Waals surface area contributed by atoms with Crippen molar-refractivity contribution in [1.82, 2.24) is 10.2 Å². The third kappa shape index (κ3) is 3.83. The number of fused-ring (bicyclic) bond motifs is 1. The van der Waals surface area contributed by atoms with E-state index < -0.39 is 0 Å². The number of rotatable bonds is 3. The molecule has 3 rings (SSSR count). The molecule has 1 amide bonds. The standard InChI is InChI=1S/C15H26N2OS.ClH/c18-15(6-5-12-7-8-16-11-12)17-9-10-19-14-4-2-1-3-13(14)17;/h12-14,16H,1-11H2;1H.